The minimum atomic E-state index is 0. The smallest absolute Gasteiger partial charge is 0.230 e. The van der Waals surface area contributed by atoms with Crippen LogP contribution in [0.3, 0.4) is 0 Å². The number of halogens is 1. The van der Waals surface area contributed by atoms with E-state index in [1.165, 1.54) is 38.5 Å². The Morgan fingerprint density at radius 3 is 2.41 bits per heavy atom. The zero-order valence-corrected chi connectivity index (χ0v) is 14.7. The molecule has 2 N–H and O–H groups in total. The molecule has 0 atom stereocenters. The normalized spacial score (nSPS) is 15.6. The van der Waals surface area contributed by atoms with Gasteiger partial charge in [0.1, 0.15) is 0 Å². The van der Waals surface area contributed by atoms with Crippen molar-refractivity contribution in [1.29, 1.82) is 0 Å². The second-order valence-corrected chi connectivity index (χ2v) is 6.64. The SMILES string of the molecule is Cl.O=C(CSc1ccccc1)NCCNC1CCCCCC1. The molecule has 0 heterocycles. The van der Waals surface area contributed by atoms with Gasteiger partial charge in [0, 0.05) is 24.0 Å². The first-order valence-electron chi connectivity index (χ1n) is 8.02. The Balaban J connectivity index is 0.00000242. The molecule has 1 aromatic carbocycles. The van der Waals surface area contributed by atoms with E-state index in [4.69, 9.17) is 0 Å². The van der Waals surface area contributed by atoms with Gasteiger partial charge in [0.2, 0.25) is 5.91 Å². The van der Waals surface area contributed by atoms with Gasteiger partial charge in [-0.1, -0.05) is 43.9 Å². The summed E-state index contributed by atoms with van der Waals surface area (Å²) in [5, 5.41) is 6.56. The van der Waals surface area contributed by atoms with Crippen LogP contribution in [0.5, 0.6) is 0 Å². The third-order valence-electron chi connectivity index (χ3n) is 3.85. The molecular weight excluding hydrogens is 316 g/mol. The summed E-state index contributed by atoms with van der Waals surface area (Å²) in [7, 11) is 0. The quantitative estimate of drug-likeness (QED) is 0.451. The molecule has 0 aliphatic heterocycles. The summed E-state index contributed by atoms with van der Waals surface area (Å²) in [5.74, 6) is 0.611. The molecule has 1 aliphatic carbocycles. The van der Waals surface area contributed by atoms with Crippen LogP contribution in [-0.2, 0) is 4.79 Å². The van der Waals surface area contributed by atoms with Crippen LogP contribution in [0.4, 0.5) is 0 Å². The standard InChI is InChI=1S/C17H26N2OS.ClH/c20-17(14-21-16-10-6-3-7-11-16)19-13-12-18-15-8-4-1-2-5-9-15;/h3,6-7,10-11,15,18H,1-2,4-5,8-9,12-14H2,(H,19,20);1H. The molecule has 5 heteroatoms. The lowest BCUT2D eigenvalue weighted by Crippen LogP contribution is -2.37. The maximum Gasteiger partial charge on any atom is 0.230 e. The molecule has 0 unspecified atom stereocenters. The lowest BCUT2D eigenvalue weighted by molar-refractivity contribution is -0.118. The zero-order valence-electron chi connectivity index (χ0n) is 13.1. The minimum absolute atomic E-state index is 0. The molecular formula is C17H27ClN2OS. The third kappa shape index (κ3) is 8.06. The Labute approximate surface area is 144 Å². The molecule has 124 valence electrons. The highest BCUT2D eigenvalue weighted by atomic mass is 35.5. The highest BCUT2D eigenvalue weighted by Gasteiger charge is 2.11. The highest BCUT2D eigenvalue weighted by Crippen LogP contribution is 2.17. The second kappa shape index (κ2) is 11.8. The molecule has 1 saturated carbocycles. The van der Waals surface area contributed by atoms with Gasteiger partial charge in [-0.15, -0.1) is 24.2 Å². The van der Waals surface area contributed by atoms with Gasteiger partial charge in [-0.2, -0.15) is 0 Å². The molecule has 0 aromatic heterocycles. The van der Waals surface area contributed by atoms with Crippen LogP contribution >= 0.6 is 24.2 Å². The van der Waals surface area contributed by atoms with Crippen molar-refractivity contribution in [3.63, 3.8) is 0 Å². The van der Waals surface area contributed by atoms with Gasteiger partial charge in [0.05, 0.1) is 5.75 Å². The number of benzene rings is 1. The number of carbonyl (C=O) groups is 1. The van der Waals surface area contributed by atoms with Gasteiger partial charge in [0.25, 0.3) is 0 Å². The van der Waals surface area contributed by atoms with Gasteiger partial charge in [-0.3, -0.25) is 4.79 Å². The first kappa shape index (κ1) is 19.3. The first-order valence-corrected chi connectivity index (χ1v) is 9.01. The van der Waals surface area contributed by atoms with Crippen LogP contribution < -0.4 is 10.6 Å². The van der Waals surface area contributed by atoms with Crippen LogP contribution in [0.25, 0.3) is 0 Å². The Bertz CT molecular complexity index is 408. The monoisotopic (exact) mass is 342 g/mol. The number of hydrogen-bond donors (Lipinski definition) is 2. The van der Waals surface area contributed by atoms with Crippen LogP contribution in [0.2, 0.25) is 0 Å². The Kier molecular flexibility index (Phi) is 10.4. The van der Waals surface area contributed by atoms with Crippen molar-refractivity contribution < 1.29 is 4.79 Å². The fraction of sp³-hybridized carbons (Fsp3) is 0.588. The zero-order chi connectivity index (χ0) is 14.8. The summed E-state index contributed by atoms with van der Waals surface area (Å²) in [4.78, 5) is 12.9. The van der Waals surface area contributed by atoms with E-state index >= 15 is 0 Å². The molecule has 1 aliphatic rings. The van der Waals surface area contributed by atoms with E-state index in [-0.39, 0.29) is 18.3 Å². The lowest BCUT2D eigenvalue weighted by Gasteiger charge is -2.16. The molecule has 0 radical (unpaired) electrons. The van der Waals surface area contributed by atoms with Crippen molar-refractivity contribution in [2.24, 2.45) is 0 Å². The average molecular weight is 343 g/mol. The topological polar surface area (TPSA) is 41.1 Å². The maximum absolute atomic E-state index is 11.8. The predicted molar refractivity (Wildman–Crippen MR) is 96.9 cm³/mol. The molecule has 0 spiro atoms. The molecule has 0 bridgehead atoms. The van der Waals surface area contributed by atoms with Gasteiger partial charge < -0.3 is 10.6 Å². The van der Waals surface area contributed by atoms with E-state index in [2.05, 4.69) is 10.6 Å². The summed E-state index contributed by atoms with van der Waals surface area (Å²) in [6.07, 6.45) is 8.03. The average Bonchev–Trinajstić information content (AvgIpc) is 2.79. The Morgan fingerprint density at radius 1 is 1.05 bits per heavy atom. The van der Waals surface area contributed by atoms with Crippen LogP contribution in [-0.4, -0.2) is 30.8 Å². The van der Waals surface area contributed by atoms with E-state index in [0.717, 1.165) is 18.0 Å². The summed E-state index contributed by atoms with van der Waals surface area (Å²) >= 11 is 1.58. The number of hydrogen-bond acceptors (Lipinski definition) is 3. The molecule has 1 amide bonds. The summed E-state index contributed by atoms with van der Waals surface area (Å²) in [6, 6.07) is 10.7. The first-order chi connectivity index (χ1) is 10.3. The Morgan fingerprint density at radius 2 is 1.73 bits per heavy atom. The van der Waals surface area contributed by atoms with Gasteiger partial charge in [-0.05, 0) is 25.0 Å². The molecule has 22 heavy (non-hydrogen) atoms. The van der Waals surface area contributed by atoms with Crippen LogP contribution in [0.1, 0.15) is 38.5 Å². The number of amides is 1. The van der Waals surface area contributed by atoms with Crippen molar-refractivity contribution in [1.82, 2.24) is 10.6 Å². The summed E-state index contributed by atoms with van der Waals surface area (Å²) < 4.78 is 0. The molecule has 1 fully saturated rings. The number of carbonyl (C=O) groups excluding carboxylic acids is 1. The van der Waals surface area contributed by atoms with Gasteiger partial charge in [-0.25, -0.2) is 0 Å². The Hall–Kier alpha value is -0.710. The fourth-order valence-corrected chi connectivity index (χ4v) is 3.43. The van der Waals surface area contributed by atoms with Crippen LogP contribution in [0, 0.1) is 0 Å². The largest absolute Gasteiger partial charge is 0.354 e. The van der Waals surface area contributed by atoms with Crippen molar-refractivity contribution in [2.45, 2.75) is 49.5 Å². The number of thioether (sulfide) groups is 1. The van der Waals surface area contributed by atoms with E-state index in [1.54, 1.807) is 11.8 Å². The fourth-order valence-electron chi connectivity index (χ4n) is 2.68. The van der Waals surface area contributed by atoms with Crippen LogP contribution in [0.15, 0.2) is 35.2 Å². The molecule has 0 saturated heterocycles. The second-order valence-electron chi connectivity index (χ2n) is 5.59. The highest BCUT2D eigenvalue weighted by molar-refractivity contribution is 8.00. The summed E-state index contributed by atoms with van der Waals surface area (Å²) in [5.41, 5.74) is 0. The third-order valence-corrected chi connectivity index (χ3v) is 4.86. The maximum atomic E-state index is 11.8. The van der Waals surface area contributed by atoms with Crippen molar-refractivity contribution >= 4 is 30.1 Å². The number of nitrogens with one attached hydrogen (secondary N) is 2. The van der Waals surface area contributed by atoms with Gasteiger partial charge in [0.15, 0.2) is 0 Å². The van der Waals surface area contributed by atoms with E-state index in [0.29, 0.717) is 11.8 Å². The molecule has 3 nitrogen and oxygen atoms in total. The molecule has 2 rings (SSSR count). The van der Waals surface area contributed by atoms with Gasteiger partial charge >= 0.3 is 0 Å². The number of rotatable bonds is 7. The minimum Gasteiger partial charge on any atom is -0.354 e. The summed E-state index contributed by atoms with van der Waals surface area (Å²) in [6.45, 7) is 1.61. The lowest BCUT2D eigenvalue weighted by atomic mass is 10.1. The van der Waals surface area contributed by atoms with Crippen molar-refractivity contribution in [3.8, 4) is 0 Å². The van der Waals surface area contributed by atoms with Crippen molar-refractivity contribution in [3.05, 3.63) is 30.3 Å². The van der Waals surface area contributed by atoms with E-state index in [9.17, 15) is 4.79 Å². The predicted octanol–water partition coefficient (Wildman–Crippen LogP) is 3.63. The van der Waals surface area contributed by atoms with E-state index < -0.39 is 0 Å². The van der Waals surface area contributed by atoms with E-state index in [1.807, 2.05) is 30.3 Å². The van der Waals surface area contributed by atoms with Crippen molar-refractivity contribution in [2.75, 3.05) is 18.8 Å². The molecule has 1 aromatic rings.